The topological polar surface area (TPSA) is 80.9 Å². The smallest absolute Gasteiger partial charge is 0.121 e. The third-order valence-electron chi connectivity index (χ3n) is 6.38. The molecule has 0 saturated heterocycles. The number of fused-ring (bicyclic) bond motifs is 3. The fourth-order valence-corrected chi connectivity index (χ4v) is 5.14. The highest BCUT2D eigenvalue weighted by Crippen LogP contribution is 2.58. The molecule has 0 unspecified atom stereocenters. The first kappa shape index (κ1) is 19.4. The van der Waals surface area contributed by atoms with E-state index in [1.54, 1.807) is 24.3 Å². The van der Waals surface area contributed by atoms with Gasteiger partial charge in [-0.1, -0.05) is 72.8 Å². The van der Waals surface area contributed by atoms with E-state index < -0.39 is 5.41 Å². The van der Waals surface area contributed by atoms with E-state index in [4.69, 9.17) is 0 Å². The third-order valence-corrected chi connectivity index (χ3v) is 6.38. The van der Waals surface area contributed by atoms with E-state index in [1.165, 1.54) is 0 Å². The second-order valence-electron chi connectivity index (χ2n) is 7.76. The lowest BCUT2D eigenvalue weighted by atomic mass is 9.65. The molecule has 1 aliphatic carbocycles. The van der Waals surface area contributed by atoms with Crippen LogP contribution in [0.3, 0.4) is 0 Å². The number of aromatic hydroxyl groups is 2. The fraction of sp³-hybridized carbons (Fsp3) is 0.111. The molecule has 154 valence electrons. The van der Waals surface area contributed by atoms with Crippen molar-refractivity contribution in [2.45, 2.75) is 18.6 Å². The highest BCUT2D eigenvalue weighted by molar-refractivity contribution is 5.87. The van der Waals surface area contributed by atoms with Crippen LogP contribution in [0.15, 0.2) is 84.9 Å². The molecule has 0 amide bonds. The first-order chi connectivity index (χ1) is 15.1. The van der Waals surface area contributed by atoms with Crippen molar-refractivity contribution < 1.29 is 20.4 Å². The van der Waals surface area contributed by atoms with E-state index in [1.807, 2.05) is 48.5 Å². The van der Waals surface area contributed by atoms with Crippen LogP contribution >= 0.6 is 0 Å². The molecular formula is C27H22O4. The van der Waals surface area contributed by atoms with E-state index >= 15 is 0 Å². The highest BCUT2D eigenvalue weighted by atomic mass is 16.3. The molecule has 0 aliphatic heterocycles. The van der Waals surface area contributed by atoms with Crippen LogP contribution in [0, 0.1) is 0 Å². The Labute approximate surface area is 180 Å². The molecule has 0 radical (unpaired) electrons. The van der Waals surface area contributed by atoms with E-state index in [0.717, 1.165) is 22.3 Å². The molecule has 0 atom stereocenters. The molecule has 4 heteroatoms. The minimum Gasteiger partial charge on any atom is -0.508 e. The van der Waals surface area contributed by atoms with Gasteiger partial charge in [0.15, 0.2) is 0 Å². The average Bonchev–Trinajstić information content (AvgIpc) is 3.10. The van der Waals surface area contributed by atoms with Crippen LogP contribution in [0.1, 0.15) is 33.4 Å². The summed E-state index contributed by atoms with van der Waals surface area (Å²) in [4.78, 5) is 0. The molecule has 0 fully saturated rings. The van der Waals surface area contributed by atoms with Gasteiger partial charge < -0.3 is 20.4 Å². The summed E-state index contributed by atoms with van der Waals surface area (Å²) in [6.45, 7) is -0.692. The van der Waals surface area contributed by atoms with Gasteiger partial charge in [0.05, 0.1) is 18.6 Å². The monoisotopic (exact) mass is 410 g/mol. The summed E-state index contributed by atoms with van der Waals surface area (Å²) in [7, 11) is 0. The minimum atomic E-state index is -0.930. The second kappa shape index (κ2) is 7.27. The third kappa shape index (κ3) is 2.56. The van der Waals surface area contributed by atoms with Crippen LogP contribution in [-0.4, -0.2) is 20.4 Å². The quantitative estimate of drug-likeness (QED) is 0.353. The zero-order valence-electron chi connectivity index (χ0n) is 16.8. The van der Waals surface area contributed by atoms with E-state index in [9.17, 15) is 20.4 Å². The maximum Gasteiger partial charge on any atom is 0.121 e. The summed E-state index contributed by atoms with van der Waals surface area (Å²) in [5.41, 5.74) is 5.35. The molecule has 0 bridgehead atoms. The lowest BCUT2D eigenvalue weighted by Crippen LogP contribution is -2.31. The Morgan fingerprint density at radius 2 is 0.871 bits per heavy atom. The fourth-order valence-electron chi connectivity index (χ4n) is 5.14. The molecule has 0 heterocycles. The predicted molar refractivity (Wildman–Crippen MR) is 119 cm³/mol. The SMILES string of the molecule is OCc1c(O)cccc1C1(c2cccc(O)c2CO)c2ccccc2-c2ccccc21. The Morgan fingerprint density at radius 1 is 0.484 bits per heavy atom. The molecule has 4 aromatic carbocycles. The first-order valence-corrected chi connectivity index (χ1v) is 10.2. The van der Waals surface area contributed by atoms with Crippen LogP contribution < -0.4 is 0 Å². The molecule has 31 heavy (non-hydrogen) atoms. The zero-order chi connectivity index (χ0) is 21.6. The van der Waals surface area contributed by atoms with Gasteiger partial charge in [0.25, 0.3) is 0 Å². The standard InChI is InChI=1S/C27H22O4/c28-15-19-23(11-5-13-25(19)30)27(24-12-6-14-26(31)20(24)16-29)21-9-3-1-7-17(21)18-8-2-4-10-22(18)27/h1-14,28-31H,15-16H2. The highest BCUT2D eigenvalue weighted by Gasteiger charge is 2.48. The lowest BCUT2D eigenvalue weighted by molar-refractivity contribution is 0.271. The normalized spacial score (nSPS) is 13.6. The number of phenols is 2. The Hall–Kier alpha value is -3.60. The van der Waals surface area contributed by atoms with Gasteiger partial charge in [0, 0.05) is 11.1 Å². The average molecular weight is 410 g/mol. The van der Waals surface area contributed by atoms with Crippen LogP contribution in [-0.2, 0) is 18.6 Å². The lowest BCUT2D eigenvalue weighted by Gasteiger charge is -2.36. The maximum absolute atomic E-state index is 10.6. The molecule has 0 spiro atoms. The van der Waals surface area contributed by atoms with Crippen molar-refractivity contribution in [3.05, 3.63) is 118 Å². The van der Waals surface area contributed by atoms with Crippen LogP contribution in [0.4, 0.5) is 0 Å². The van der Waals surface area contributed by atoms with E-state index in [0.29, 0.717) is 22.3 Å². The minimum absolute atomic E-state index is 0.00642. The Bertz CT molecular complexity index is 1190. The Morgan fingerprint density at radius 3 is 1.29 bits per heavy atom. The van der Waals surface area contributed by atoms with Gasteiger partial charge in [-0.25, -0.2) is 0 Å². The molecule has 1 aliphatic rings. The van der Waals surface area contributed by atoms with Crippen LogP contribution in [0.5, 0.6) is 11.5 Å². The summed E-state index contributed by atoms with van der Waals surface area (Å²) in [6, 6.07) is 26.5. The summed E-state index contributed by atoms with van der Waals surface area (Å²) in [5.74, 6) is 0.0128. The summed E-state index contributed by atoms with van der Waals surface area (Å²) < 4.78 is 0. The zero-order valence-corrected chi connectivity index (χ0v) is 16.8. The number of rotatable bonds is 4. The van der Waals surface area contributed by atoms with Gasteiger partial charge in [-0.05, 0) is 45.5 Å². The molecule has 4 N–H and O–H groups in total. The molecule has 0 aromatic heterocycles. The van der Waals surface area contributed by atoms with Crippen molar-refractivity contribution >= 4 is 0 Å². The Kier molecular flexibility index (Phi) is 4.54. The summed E-state index contributed by atoms with van der Waals surface area (Å²) in [5, 5.41) is 41.7. The summed E-state index contributed by atoms with van der Waals surface area (Å²) in [6.07, 6.45) is 0. The van der Waals surface area contributed by atoms with Gasteiger partial charge in [-0.2, -0.15) is 0 Å². The Balaban J connectivity index is 2.04. The molecule has 4 nitrogen and oxygen atoms in total. The van der Waals surface area contributed by atoms with Crippen molar-refractivity contribution in [2.24, 2.45) is 0 Å². The second-order valence-corrected chi connectivity index (χ2v) is 7.76. The van der Waals surface area contributed by atoms with Gasteiger partial charge in [0.2, 0.25) is 0 Å². The van der Waals surface area contributed by atoms with Crippen molar-refractivity contribution in [3.63, 3.8) is 0 Å². The number of hydrogen-bond donors (Lipinski definition) is 4. The van der Waals surface area contributed by atoms with Gasteiger partial charge in [0.1, 0.15) is 11.5 Å². The molecule has 0 saturated carbocycles. The predicted octanol–water partition coefficient (Wildman–Crippen LogP) is 4.45. The van der Waals surface area contributed by atoms with Gasteiger partial charge >= 0.3 is 0 Å². The summed E-state index contributed by atoms with van der Waals surface area (Å²) >= 11 is 0. The van der Waals surface area contributed by atoms with Crippen molar-refractivity contribution in [3.8, 4) is 22.6 Å². The maximum atomic E-state index is 10.6. The number of hydrogen-bond acceptors (Lipinski definition) is 4. The number of aliphatic hydroxyl groups is 2. The number of aliphatic hydroxyl groups excluding tert-OH is 2. The van der Waals surface area contributed by atoms with E-state index in [2.05, 4.69) is 12.1 Å². The van der Waals surface area contributed by atoms with Crippen molar-refractivity contribution in [1.82, 2.24) is 0 Å². The number of benzene rings is 4. The van der Waals surface area contributed by atoms with Gasteiger partial charge in [-0.3, -0.25) is 0 Å². The molecule has 5 rings (SSSR count). The van der Waals surface area contributed by atoms with Crippen molar-refractivity contribution in [2.75, 3.05) is 0 Å². The van der Waals surface area contributed by atoms with Crippen LogP contribution in [0.2, 0.25) is 0 Å². The molecular weight excluding hydrogens is 388 g/mol. The molecule has 4 aromatic rings. The van der Waals surface area contributed by atoms with E-state index in [-0.39, 0.29) is 24.7 Å². The largest absolute Gasteiger partial charge is 0.508 e. The van der Waals surface area contributed by atoms with Crippen molar-refractivity contribution in [1.29, 1.82) is 0 Å². The van der Waals surface area contributed by atoms with Crippen LogP contribution in [0.25, 0.3) is 11.1 Å². The van der Waals surface area contributed by atoms with Gasteiger partial charge in [-0.15, -0.1) is 0 Å². The first-order valence-electron chi connectivity index (χ1n) is 10.2.